The zero-order chi connectivity index (χ0) is 17.1. The first-order valence-corrected chi connectivity index (χ1v) is 7.78. The van der Waals surface area contributed by atoms with Gasteiger partial charge in [-0.25, -0.2) is 9.18 Å². The molecule has 0 aliphatic rings. The molecule has 1 heterocycles. The Kier molecular flexibility index (Phi) is 4.51. The second-order valence-corrected chi connectivity index (χ2v) is 5.76. The molecule has 0 aliphatic carbocycles. The average molecular weight is 326 g/mol. The van der Waals surface area contributed by atoms with E-state index in [2.05, 4.69) is 5.32 Å². The molecule has 124 valence electrons. The summed E-state index contributed by atoms with van der Waals surface area (Å²) in [6.07, 6.45) is 0. The third kappa shape index (κ3) is 3.40. The first-order chi connectivity index (χ1) is 11.5. The second kappa shape index (κ2) is 6.74. The fourth-order valence-corrected chi connectivity index (χ4v) is 2.48. The van der Waals surface area contributed by atoms with E-state index in [4.69, 9.17) is 4.42 Å². The third-order valence-corrected chi connectivity index (χ3v) is 4.11. The molecule has 2 aromatic carbocycles. The van der Waals surface area contributed by atoms with E-state index in [-0.39, 0.29) is 17.9 Å². The van der Waals surface area contributed by atoms with Crippen molar-refractivity contribution in [2.24, 2.45) is 0 Å². The monoisotopic (exact) mass is 326 g/mol. The maximum atomic E-state index is 12.9. The molecule has 0 spiro atoms. The summed E-state index contributed by atoms with van der Waals surface area (Å²) in [5, 5.41) is 3.84. The number of furan rings is 1. The highest BCUT2D eigenvalue weighted by Gasteiger charge is 2.20. The SMILES string of the molecule is CC(c1cc2ccccc2o1)N(C)C(=O)NCc1ccc(F)cc1. The van der Waals surface area contributed by atoms with Crippen molar-refractivity contribution < 1.29 is 13.6 Å². The van der Waals surface area contributed by atoms with Crippen LogP contribution in [0, 0.1) is 5.82 Å². The van der Waals surface area contributed by atoms with Crippen LogP contribution in [0.2, 0.25) is 0 Å². The standard InChI is InChI=1S/C19H19FN2O2/c1-13(18-11-15-5-3-4-6-17(15)24-18)22(2)19(23)21-12-14-7-9-16(20)10-8-14/h3-11,13H,12H2,1-2H3,(H,21,23). The van der Waals surface area contributed by atoms with Crippen molar-refractivity contribution in [3.63, 3.8) is 0 Å². The van der Waals surface area contributed by atoms with E-state index in [0.717, 1.165) is 22.3 Å². The minimum atomic E-state index is -0.291. The second-order valence-electron chi connectivity index (χ2n) is 5.76. The Labute approximate surface area is 139 Å². The van der Waals surface area contributed by atoms with Gasteiger partial charge in [-0.05, 0) is 36.8 Å². The summed E-state index contributed by atoms with van der Waals surface area (Å²) in [6, 6.07) is 15.3. The van der Waals surface area contributed by atoms with Crippen molar-refractivity contribution in [3.05, 3.63) is 71.7 Å². The highest BCUT2D eigenvalue weighted by atomic mass is 19.1. The summed E-state index contributed by atoms with van der Waals surface area (Å²) in [7, 11) is 1.72. The Hall–Kier alpha value is -2.82. The Bertz CT molecular complexity index is 809. The van der Waals surface area contributed by atoms with Gasteiger partial charge >= 0.3 is 6.03 Å². The van der Waals surface area contributed by atoms with E-state index in [0.29, 0.717) is 6.54 Å². The number of fused-ring (bicyclic) bond motifs is 1. The van der Waals surface area contributed by atoms with Crippen molar-refractivity contribution in [1.82, 2.24) is 10.2 Å². The molecule has 0 bridgehead atoms. The summed E-state index contributed by atoms with van der Waals surface area (Å²) in [5.41, 5.74) is 1.65. The van der Waals surface area contributed by atoms with Crippen LogP contribution in [-0.4, -0.2) is 18.0 Å². The number of rotatable bonds is 4. The topological polar surface area (TPSA) is 45.5 Å². The van der Waals surface area contributed by atoms with Crippen LogP contribution in [-0.2, 0) is 6.54 Å². The highest BCUT2D eigenvalue weighted by molar-refractivity contribution is 5.78. The van der Waals surface area contributed by atoms with Gasteiger partial charge in [-0.1, -0.05) is 30.3 Å². The lowest BCUT2D eigenvalue weighted by atomic mass is 10.2. The smallest absolute Gasteiger partial charge is 0.318 e. The van der Waals surface area contributed by atoms with Crippen molar-refractivity contribution in [3.8, 4) is 0 Å². The largest absolute Gasteiger partial charge is 0.459 e. The van der Waals surface area contributed by atoms with E-state index in [1.807, 2.05) is 37.3 Å². The Morgan fingerprint density at radius 3 is 2.62 bits per heavy atom. The van der Waals surface area contributed by atoms with Crippen molar-refractivity contribution in [1.29, 1.82) is 0 Å². The van der Waals surface area contributed by atoms with Crippen LogP contribution in [0.5, 0.6) is 0 Å². The first kappa shape index (κ1) is 16.1. The summed E-state index contributed by atoms with van der Waals surface area (Å²) >= 11 is 0. The van der Waals surface area contributed by atoms with Crippen molar-refractivity contribution in [2.75, 3.05) is 7.05 Å². The van der Waals surface area contributed by atoms with Gasteiger partial charge < -0.3 is 14.6 Å². The number of urea groups is 1. The summed E-state index contributed by atoms with van der Waals surface area (Å²) in [5.74, 6) is 0.441. The molecule has 0 aliphatic heterocycles. The molecule has 0 saturated heterocycles. The third-order valence-electron chi connectivity index (χ3n) is 4.11. The molecule has 2 amide bonds. The fraction of sp³-hybridized carbons (Fsp3) is 0.211. The molecule has 0 fully saturated rings. The van der Waals surface area contributed by atoms with E-state index in [9.17, 15) is 9.18 Å². The van der Waals surface area contributed by atoms with Crippen LogP contribution in [0.4, 0.5) is 9.18 Å². The molecule has 3 aromatic rings. The maximum Gasteiger partial charge on any atom is 0.318 e. The summed E-state index contributed by atoms with van der Waals surface area (Å²) in [6.45, 7) is 2.26. The number of carbonyl (C=O) groups is 1. The highest BCUT2D eigenvalue weighted by Crippen LogP contribution is 2.26. The molecule has 1 atom stereocenters. The molecule has 4 nitrogen and oxygen atoms in total. The molecule has 1 N–H and O–H groups in total. The molecule has 24 heavy (non-hydrogen) atoms. The van der Waals surface area contributed by atoms with Crippen LogP contribution in [0.1, 0.15) is 24.3 Å². The normalized spacial score (nSPS) is 12.1. The van der Waals surface area contributed by atoms with E-state index >= 15 is 0 Å². The van der Waals surface area contributed by atoms with Gasteiger partial charge in [-0.3, -0.25) is 0 Å². The number of para-hydroxylation sites is 1. The summed E-state index contributed by atoms with van der Waals surface area (Å²) < 4.78 is 18.7. The van der Waals surface area contributed by atoms with Gasteiger partial charge in [-0.15, -0.1) is 0 Å². The van der Waals surface area contributed by atoms with Gasteiger partial charge in [0.1, 0.15) is 17.2 Å². The number of amides is 2. The number of carbonyl (C=O) groups excluding carboxylic acids is 1. The predicted octanol–water partition coefficient (Wildman–Crippen LogP) is 4.47. The van der Waals surface area contributed by atoms with Crippen LogP contribution in [0.25, 0.3) is 11.0 Å². The zero-order valence-corrected chi connectivity index (χ0v) is 13.6. The van der Waals surface area contributed by atoms with Crippen LogP contribution < -0.4 is 5.32 Å². The first-order valence-electron chi connectivity index (χ1n) is 7.78. The van der Waals surface area contributed by atoms with Crippen LogP contribution >= 0.6 is 0 Å². The Morgan fingerprint density at radius 1 is 1.21 bits per heavy atom. The van der Waals surface area contributed by atoms with E-state index < -0.39 is 0 Å². The Morgan fingerprint density at radius 2 is 1.92 bits per heavy atom. The lowest BCUT2D eigenvalue weighted by Crippen LogP contribution is -2.38. The lowest BCUT2D eigenvalue weighted by Gasteiger charge is -2.23. The van der Waals surface area contributed by atoms with Crippen molar-refractivity contribution >= 4 is 17.0 Å². The van der Waals surface area contributed by atoms with E-state index in [1.165, 1.54) is 12.1 Å². The molecule has 3 rings (SSSR count). The number of hydrogen-bond donors (Lipinski definition) is 1. The summed E-state index contributed by atoms with van der Waals surface area (Å²) in [4.78, 5) is 13.9. The number of halogens is 1. The lowest BCUT2D eigenvalue weighted by molar-refractivity contribution is 0.187. The molecule has 0 radical (unpaired) electrons. The molecular formula is C19H19FN2O2. The fourth-order valence-electron chi connectivity index (χ4n) is 2.48. The van der Waals surface area contributed by atoms with Crippen LogP contribution in [0.3, 0.4) is 0 Å². The van der Waals surface area contributed by atoms with Gasteiger partial charge in [0.2, 0.25) is 0 Å². The maximum absolute atomic E-state index is 12.9. The van der Waals surface area contributed by atoms with Gasteiger partial charge in [0.25, 0.3) is 0 Å². The Balaban J connectivity index is 1.64. The van der Waals surface area contributed by atoms with Crippen LogP contribution in [0.15, 0.2) is 59.0 Å². The molecule has 0 saturated carbocycles. The molecule has 1 aromatic heterocycles. The van der Waals surface area contributed by atoms with Gasteiger partial charge in [0.05, 0.1) is 6.04 Å². The van der Waals surface area contributed by atoms with Gasteiger partial charge in [0.15, 0.2) is 0 Å². The predicted molar refractivity (Wildman–Crippen MR) is 91.0 cm³/mol. The van der Waals surface area contributed by atoms with Gasteiger partial charge in [-0.2, -0.15) is 0 Å². The van der Waals surface area contributed by atoms with Crippen molar-refractivity contribution in [2.45, 2.75) is 19.5 Å². The number of nitrogens with one attached hydrogen (secondary N) is 1. The minimum Gasteiger partial charge on any atom is -0.459 e. The minimum absolute atomic E-state index is 0.203. The van der Waals surface area contributed by atoms with Gasteiger partial charge in [0, 0.05) is 19.0 Å². The van der Waals surface area contributed by atoms with E-state index in [1.54, 1.807) is 24.1 Å². The quantitative estimate of drug-likeness (QED) is 0.768. The number of benzene rings is 2. The number of hydrogen-bond acceptors (Lipinski definition) is 2. The number of nitrogens with zero attached hydrogens (tertiary/aromatic N) is 1. The molecule has 5 heteroatoms. The zero-order valence-electron chi connectivity index (χ0n) is 13.6. The average Bonchev–Trinajstić information content (AvgIpc) is 3.03. The molecule has 1 unspecified atom stereocenters. The molecular weight excluding hydrogens is 307 g/mol.